The Balaban J connectivity index is 3.11. The molecular formula is C7H8N2O2. The Morgan fingerprint density at radius 1 is 1.55 bits per heavy atom. The Morgan fingerprint density at radius 3 is 2.64 bits per heavy atom. The van der Waals surface area contributed by atoms with Crippen LogP contribution in [0.5, 0.6) is 0 Å². The van der Waals surface area contributed by atoms with Crippen LogP contribution in [0.2, 0.25) is 0 Å². The van der Waals surface area contributed by atoms with E-state index in [2.05, 4.69) is 0 Å². The van der Waals surface area contributed by atoms with Crippen molar-refractivity contribution in [3.8, 4) is 0 Å². The molecule has 0 aromatic carbocycles. The van der Waals surface area contributed by atoms with Crippen LogP contribution < -0.4 is 5.73 Å². The Kier molecular flexibility index (Phi) is 1.70. The molecule has 1 aliphatic carbocycles. The van der Waals surface area contributed by atoms with Crippen LogP contribution in [-0.4, -0.2) is 23.3 Å². The normalized spacial score (nSPS) is 25.5. The summed E-state index contributed by atoms with van der Waals surface area (Å²) >= 11 is 0. The van der Waals surface area contributed by atoms with Crippen LogP contribution in [0.1, 0.15) is 6.92 Å². The highest BCUT2D eigenvalue weighted by Gasteiger charge is 2.28. The van der Waals surface area contributed by atoms with Crippen molar-refractivity contribution >= 4 is 17.3 Å². The van der Waals surface area contributed by atoms with Gasteiger partial charge in [0.15, 0.2) is 5.78 Å². The van der Waals surface area contributed by atoms with Crippen molar-refractivity contribution in [2.24, 2.45) is 5.73 Å². The lowest BCUT2D eigenvalue weighted by molar-refractivity contribution is -0.117. The first-order valence-electron chi connectivity index (χ1n) is 3.15. The first kappa shape index (κ1) is 7.81. The predicted molar refractivity (Wildman–Crippen MR) is 39.5 cm³/mol. The Labute approximate surface area is 63.6 Å². The molecule has 4 heteroatoms. The van der Waals surface area contributed by atoms with Crippen molar-refractivity contribution in [3.05, 3.63) is 11.6 Å². The summed E-state index contributed by atoms with van der Waals surface area (Å²) in [4.78, 5) is 21.8. The minimum absolute atomic E-state index is 0.319. The number of Topliss-reactive ketones (excluding diaryl/α,β-unsaturated/α-hetero) is 1. The van der Waals surface area contributed by atoms with Crippen LogP contribution in [0, 0.1) is 5.41 Å². The summed E-state index contributed by atoms with van der Waals surface area (Å²) in [5.41, 5.74) is 5.28. The quantitative estimate of drug-likeness (QED) is 0.487. The van der Waals surface area contributed by atoms with Gasteiger partial charge >= 0.3 is 0 Å². The van der Waals surface area contributed by atoms with Crippen LogP contribution >= 0.6 is 0 Å². The largest absolute Gasteiger partial charge is 0.316 e. The number of hydrogen-bond donors (Lipinski definition) is 2. The number of carbonyl (C=O) groups is 2. The molecule has 0 aliphatic heterocycles. The van der Waals surface area contributed by atoms with E-state index in [-0.39, 0.29) is 11.5 Å². The molecule has 0 spiro atoms. The van der Waals surface area contributed by atoms with Crippen molar-refractivity contribution in [2.75, 3.05) is 0 Å². The SMILES string of the molecule is CC1=CC(=O)C(=N)C(N)C1=O. The van der Waals surface area contributed by atoms with E-state index in [0.29, 0.717) is 5.57 Å². The lowest BCUT2D eigenvalue weighted by atomic mass is 9.92. The van der Waals surface area contributed by atoms with Crippen molar-refractivity contribution in [1.82, 2.24) is 0 Å². The van der Waals surface area contributed by atoms with E-state index in [9.17, 15) is 9.59 Å². The smallest absolute Gasteiger partial charge is 0.201 e. The van der Waals surface area contributed by atoms with Gasteiger partial charge in [-0.05, 0) is 18.6 Å². The summed E-state index contributed by atoms with van der Waals surface area (Å²) in [6, 6.07) is -1.05. The molecule has 0 saturated heterocycles. The summed E-state index contributed by atoms with van der Waals surface area (Å²) in [6.07, 6.45) is 1.15. The molecule has 3 N–H and O–H groups in total. The Morgan fingerprint density at radius 2 is 2.09 bits per heavy atom. The Bertz CT molecular complexity index is 278. The van der Waals surface area contributed by atoms with Gasteiger partial charge in [0.25, 0.3) is 0 Å². The number of nitrogens with two attached hydrogens (primary N) is 1. The number of ketones is 2. The van der Waals surface area contributed by atoms with E-state index >= 15 is 0 Å². The topological polar surface area (TPSA) is 84.0 Å². The van der Waals surface area contributed by atoms with Gasteiger partial charge in [-0.1, -0.05) is 0 Å². The molecule has 0 aromatic heterocycles. The molecule has 1 rings (SSSR count). The first-order valence-corrected chi connectivity index (χ1v) is 3.15. The zero-order valence-corrected chi connectivity index (χ0v) is 6.05. The van der Waals surface area contributed by atoms with Gasteiger partial charge in [-0.3, -0.25) is 15.0 Å². The van der Waals surface area contributed by atoms with Crippen LogP contribution in [0.4, 0.5) is 0 Å². The zero-order valence-electron chi connectivity index (χ0n) is 6.05. The summed E-state index contributed by atoms with van der Waals surface area (Å²) < 4.78 is 0. The van der Waals surface area contributed by atoms with Gasteiger partial charge in [0.05, 0.1) is 0 Å². The standard InChI is InChI=1S/C7H8N2O2/c1-3-2-4(10)5(8)6(9)7(3)11/h2,6,8H,9H2,1H3. The molecule has 0 fully saturated rings. The van der Waals surface area contributed by atoms with Gasteiger partial charge in [-0.2, -0.15) is 0 Å². The third-order valence-corrected chi connectivity index (χ3v) is 1.60. The highest BCUT2D eigenvalue weighted by atomic mass is 16.1. The molecule has 0 radical (unpaired) electrons. The van der Waals surface area contributed by atoms with E-state index in [4.69, 9.17) is 11.1 Å². The van der Waals surface area contributed by atoms with Crippen LogP contribution in [0.3, 0.4) is 0 Å². The highest BCUT2D eigenvalue weighted by molar-refractivity contribution is 6.51. The van der Waals surface area contributed by atoms with Gasteiger partial charge in [0.2, 0.25) is 5.78 Å². The van der Waals surface area contributed by atoms with E-state index in [1.165, 1.54) is 6.92 Å². The summed E-state index contributed by atoms with van der Waals surface area (Å²) in [5.74, 6) is -0.802. The van der Waals surface area contributed by atoms with Crippen LogP contribution in [-0.2, 0) is 9.59 Å². The molecule has 1 aliphatic rings. The van der Waals surface area contributed by atoms with Crippen molar-refractivity contribution in [2.45, 2.75) is 13.0 Å². The molecule has 11 heavy (non-hydrogen) atoms. The van der Waals surface area contributed by atoms with E-state index < -0.39 is 11.8 Å². The number of allylic oxidation sites excluding steroid dienone is 1. The maximum atomic E-state index is 11.0. The van der Waals surface area contributed by atoms with Crippen LogP contribution in [0.25, 0.3) is 0 Å². The molecule has 0 bridgehead atoms. The maximum Gasteiger partial charge on any atom is 0.201 e. The molecule has 1 unspecified atom stereocenters. The first-order chi connectivity index (χ1) is 5.04. The molecule has 0 aromatic rings. The molecule has 0 saturated carbocycles. The molecule has 1 atom stereocenters. The summed E-state index contributed by atoms with van der Waals surface area (Å²) in [5, 5.41) is 7.08. The lowest BCUT2D eigenvalue weighted by Crippen LogP contribution is -2.45. The minimum atomic E-state index is -1.05. The Hall–Kier alpha value is -1.29. The predicted octanol–water partition coefficient (Wildman–Crippen LogP) is -0.568. The second-order valence-corrected chi connectivity index (χ2v) is 2.45. The zero-order chi connectivity index (χ0) is 8.59. The molecule has 0 heterocycles. The number of hydrogen-bond acceptors (Lipinski definition) is 4. The average molecular weight is 152 g/mol. The third kappa shape index (κ3) is 1.12. The van der Waals surface area contributed by atoms with E-state index in [1.807, 2.05) is 0 Å². The van der Waals surface area contributed by atoms with Gasteiger partial charge in [-0.25, -0.2) is 0 Å². The monoisotopic (exact) mass is 152 g/mol. The van der Waals surface area contributed by atoms with Gasteiger partial charge < -0.3 is 5.73 Å². The molecule has 4 nitrogen and oxygen atoms in total. The number of carbonyl (C=O) groups excluding carboxylic acids is 2. The van der Waals surface area contributed by atoms with Gasteiger partial charge in [0, 0.05) is 0 Å². The lowest BCUT2D eigenvalue weighted by Gasteiger charge is -2.14. The van der Waals surface area contributed by atoms with Gasteiger partial charge in [0.1, 0.15) is 11.8 Å². The molecule has 58 valence electrons. The van der Waals surface area contributed by atoms with Gasteiger partial charge in [-0.15, -0.1) is 0 Å². The number of nitrogens with one attached hydrogen (secondary N) is 1. The third-order valence-electron chi connectivity index (χ3n) is 1.60. The van der Waals surface area contributed by atoms with Crippen molar-refractivity contribution in [1.29, 1.82) is 5.41 Å². The fourth-order valence-electron chi connectivity index (χ4n) is 0.875. The fourth-order valence-corrected chi connectivity index (χ4v) is 0.875. The average Bonchev–Trinajstić information content (AvgIpc) is 1.97. The molecular weight excluding hydrogens is 144 g/mol. The van der Waals surface area contributed by atoms with E-state index in [0.717, 1.165) is 6.08 Å². The van der Waals surface area contributed by atoms with Crippen molar-refractivity contribution < 1.29 is 9.59 Å². The van der Waals surface area contributed by atoms with E-state index in [1.54, 1.807) is 0 Å². The summed E-state index contributed by atoms with van der Waals surface area (Å²) in [6.45, 7) is 1.52. The number of rotatable bonds is 0. The minimum Gasteiger partial charge on any atom is -0.316 e. The summed E-state index contributed by atoms with van der Waals surface area (Å²) in [7, 11) is 0. The molecule has 0 amide bonds. The second-order valence-electron chi connectivity index (χ2n) is 2.45. The fraction of sp³-hybridized carbons (Fsp3) is 0.286. The van der Waals surface area contributed by atoms with Crippen molar-refractivity contribution in [3.63, 3.8) is 0 Å². The van der Waals surface area contributed by atoms with Crippen LogP contribution in [0.15, 0.2) is 11.6 Å². The second kappa shape index (κ2) is 2.39. The maximum absolute atomic E-state index is 11.0. The highest BCUT2D eigenvalue weighted by Crippen LogP contribution is 2.06.